The van der Waals surface area contributed by atoms with Gasteiger partial charge in [0.15, 0.2) is 0 Å². The molecular formula is C13H22N4O2. The van der Waals surface area contributed by atoms with Gasteiger partial charge in [0, 0.05) is 12.3 Å². The van der Waals surface area contributed by atoms with Crippen molar-refractivity contribution >= 4 is 11.9 Å². The minimum atomic E-state index is -0.109. The first-order chi connectivity index (χ1) is 9.08. The lowest BCUT2D eigenvalue weighted by molar-refractivity contribution is -0.117. The summed E-state index contributed by atoms with van der Waals surface area (Å²) >= 11 is 0. The molecule has 0 radical (unpaired) electrons. The highest BCUT2D eigenvalue weighted by atomic mass is 16.4. The summed E-state index contributed by atoms with van der Waals surface area (Å²) in [5.41, 5.74) is 5.68. The maximum atomic E-state index is 11.9. The minimum Gasteiger partial charge on any atom is -0.408 e. The zero-order valence-corrected chi connectivity index (χ0v) is 11.6. The third-order valence-electron chi connectivity index (χ3n) is 3.23. The van der Waals surface area contributed by atoms with Gasteiger partial charge in [0.2, 0.25) is 11.8 Å². The molecule has 0 spiro atoms. The maximum Gasteiger partial charge on any atom is 0.322 e. The Labute approximate surface area is 113 Å². The Morgan fingerprint density at radius 3 is 2.79 bits per heavy atom. The number of hydrogen-bond donors (Lipinski definition) is 2. The molecule has 0 bridgehead atoms. The second kappa shape index (κ2) is 6.14. The van der Waals surface area contributed by atoms with E-state index in [1.54, 1.807) is 0 Å². The third kappa shape index (κ3) is 4.31. The summed E-state index contributed by atoms with van der Waals surface area (Å²) in [5.74, 6) is 1.66. The topological polar surface area (TPSA) is 94.0 Å². The van der Waals surface area contributed by atoms with Crippen LogP contribution in [0.15, 0.2) is 4.42 Å². The first-order valence-corrected chi connectivity index (χ1v) is 6.91. The van der Waals surface area contributed by atoms with Crippen LogP contribution in [-0.4, -0.2) is 22.6 Å². The van der Waals surface area contributed by atoms with Crippen LogP contribution >= 0.6 is 0 Å². The van der Waals surface area contributed by atoms with Crippen LogP contribution < -0.4 is 11.1 Å². The molecule has 0 aliphatic heterocycles. The number of nitrogens with zero attached hydrogens (tertiary/aromatic N) is 2. The van der Waals surface area contributed by atoms with Crippen LogP contribution in [-0.2, 0) is 4.79 Å². The van der Waals surface area contributed by atoms with Crippen LogP contribution in [0.4, 0.5) is 6.01 Å². The van der Waals surface area contributed by atoms with Gasteiger partial charge in [0.05, 0.1) is 0 Å². The number of anilines is 1. The molecule has 1 aromatic heterocycles. The van der Waals surface area contributed by atoms with Gasteiger partial charge in [0.25, 0.3) is 0 Å². The Balaban J connectivity index is 1.81. The number of amides is 1. The van der Waals surface area contributed by atoms with Gasteiger partial charge in [-0.3, -0.25) is 10.1 Å². The lowest BCUT2D eigenvalue weighted by Crippen LogP contribution is -2.23. The fourth-order valence-electron chi connectivity index (χ4n) is 2.14. The van der Waals surface area contributed by atoms with Crippen molar-refractivity contribution in [2.75, 3.05) is 11.9 Å². The van der Waals surface area contributed by atoms with Crippen LogP contribution in [0, 0.1) is 11.8 Å². The van der Waals surface area contributed by atoms with Gasteiger partial charge in [0.1, 0.15) is 0 Å². The smallest absolute Gasteiger partial charge is 0.322 e. The van der Waals surface area contributed by atoms with Crippen molar-refractivity contribution in [2.24, 2.45) is 17.6 Å². The van der Waals surface area contributed by atoms with Crippen molar-refractivity contribution in [3.05, 3.63) is 5.89 Å². The first-order valence-electron chi connectivity index (χ1n) is 6.91. The molecule has 1 aliphatic carbocycles. The van der Waals surface area contributed by atoms with E-state index in [0.29, 0.717) is 30.7 Å². The molecule has 0 saturated heterocycles. The zero-order chi connectivity index (χ0) is 13.8. The van der Waals surface area contributed by atoms with E-state index in [2.05, 4.69) is 29.4 Å². The predicted molar refractivity (Wildman–Crippen MR) is 71.5 cm³/mol. The molecule has 3 N–H and O–H groups in total. The van der Waals surface area contributed by atoms with Gasteiger partial charge in [-0.15, -0.1) is 5.10 Å². The van der Waals surface area contributed by atoms with Gasteiger partial charge in [-0.2, -0.15) is 0 Å². The van der Waals surface area contributed by atoms with Gasteiger partial charge in [-0.1, -0.05) is 18.9 Å². The van der Waals surface area contributed by atoms with Crippen LogP contribution in [0.25, 0.3) is 0 Å². The summed E-state index contributed by atoms with van der Waals surface area (Å²) in [6.07, 6.45) is 3.54. The maximum absolute atomic E-state index is 11.9. The average Bonchev–Trinajstić information content (AvgIpc) is 3.09. The number of carbonyl (C=O) groups is 1. The lowest BCUT2D eigenvalue weighted by atomic mass is 9.94. The summed E-state index contributed by atoms with van der Waals surface area (Å²) in [5, 5.41) is 10.4. The van der Waals surface area contributed by atoms with E-state index < -0.39 is 0 Å². The number of carbonyl (C=O) groups excluding carboxylic acids is 1. The van der Waals surface area contributed by atoms with Crippen LogP contribution in [0.2, 0.25) is 0 Å². The fourth-order valence-corrected chi connectivity index (χ4v) is 2.14. The first kappa shape index (κ1) is 14.0. The molecule has 0 aromatic carbocycles. The van der Waals surface area contributed by atoms with Crippen molar-refractivity contribution in [1.29, 1.82) is 0 Å². The van der Waals surface area contributed by atoms with E-state index in [4.69, 9.17) is 10.2 Å². The normalized spacial score (nSPS) is 16.6. The molecule has 1 amide bonds. The molecule has 106 valence electrons. The molecule has 2 rings (SSSR count). The van der Waals surface area contributed by atoms with Crippen molar-refractivity contribution in [3.8, 4) is 0 Å². The monoisotopic (exact) mass is 266 g/mol. The van der Waals surface area contributed by atoms with E-state index >= 15 is 0 Å². The van der Waals surface area contributed by atoms with Crippen LogP contribution in [0.1, 0.15) is 51.3 Å². The van der Waals surface area contributed by atoms with E-state index in [1.165, 1.54) is 0 Å². The molecule has 1 aromatic rings. The second-order valence-electron chi connectivity index (χ2n) is 5.70. The van der Waals surface area contributed by atoms with Crippen molar-refractivity contribution in [1.82, 2.24) is 10.2 Å². The lowest BCUT2D eigenvalue weighted by Gasteiger charge is -2.15. The number of rotatable bonds is 7. The molecule has 1 unspecified atom stereocenters. The molecule has 19 heavy (non-hydrogen) atoms. The molecule has 1 saturated carbocycles. The highest BCUT2D eigenvalue weighted by Gasteiger charge is 2.29. The highest BCUT2D eigenvalue weighted by Crippen LogP contribution is 2.39. The van der Waals surface area contributed by atoms with Gasteiger partial charge >= 0.3 is 6.01 Å². The van der Waals surface area contributed by atoms with Gasteiger partial charge in [-0.25, -0.2) is 0 Å². The van der Waals surface area contributed by atoms with Crippen LogP contribution in [0.5, 0.6) is 0 Å². The number of nitrogens with one attached hydrogen (secondary N) is 1. The molecule has 6 heteroatoms. The highest BCUT2D eigenvalue weighted by molar-refractivity contribution is 5.88. The van der Waals surface area contributed by atoms with E-state index in [-0.39, 0.29) is 17.8 Å². The van der Waals surface area contributed by atoms with E-state index in [1.807, 2.05) is 0 Å². The number of hydrogen-bond acceptors (Lipinski definition) is 5. The number of aromatic nitrogens is 2. The van der Waals surface area contributed by atoms with Gasteiger partial charge in [-0.05, 0) is 37.6 Å². The summed E-state index contributed by atoms with van der Waals surface area (Å²) < 4.78 is 5.39. The predicted octanol–water partition coefficient (Wildman–Crippen LogP) is 1.90. The second-order valence-corrected chi connectivity index (χ2v) is 5.70. The summed E-state index contributed by atoms with van der Waals surface area (Å²) in [7, 11) is 0. The Morgan fingerprint density at radius 2 is 2.21 bits per heavy atom. The van der Waals surface area contributed by atoms with Crippen molar-refractivity contribution < 1.29 is 9.21 Å². The minimum absolute atomic E-state index is 0.109. The molecule has 6 nitrogen and oxygen atoms in total. The zero-order valence-electron chi connectivity index (χ0n) is 11.6. The fraction of sp³-hybridized carbons (Fsp3) is 0.769. The summed E-state index contributed by atoms with van der Waals surface area (Å²) in [4.78, 5) is 11.9. The molecule has 1 heterocycles. The molecular weight excluding hydrogens is 244 g/mol. The Bertz CT molecular complexity index is 426. The SMILES string of the molecule is CC(C)CC(CN)CC(=O)Nc1nnc(C2CC2)o1. The van der Waals surface area contributed by atoms with E-state index in [9.17, 15) is 4.79 Å². The molecule has 1 aliphatic rings. The summed E-state index contributed by atoms with van der Waals surface area (Å²) in [6, 6.07) is 0.201. The Hall–Kier alpha value is -1.43. The Morgan fingerprint density at radius 1 is 1.47 bits per heavy atom. The summed E-state index contributed by atoms with van der Waals surface area (Å²) in [6.45, 7) is 4.77. The molecule has 1 atom stereocenters. The van der Waals surface area contributed by atoms with Crippen LogP contribution in [0.3, 0.4) is 0 Å². The van der Waals surface area contributed by atoms with Gasteiger partial charge < -0.3 is 10.2 Å². The van der Waals surface area contributed by atoms with Crippen molar-refractivity contribution in [3.63, 3.8) is 0 Å². The average molecular weight is 266 g/mol. The van der Waals surface area contributed by atoms with Crippen molar-refractivity contribution in [2.45, 2.75) is 45.4 Å². The standard InChI is InChI=1S/C13H22N4O2/c1-8(2)5-9(7-14)6-11(18)15-13-17-16-12(19-13)10-3-4-10/h8-10H,3-7,14H2,1-2H3,(H,15,17,18). The molecule has 1 fully saturated rings. The quantitative estimate of drug-likeness (QED) is 0.786. The largest absolute Gasteiger partial charge is 0.408 e. The Kier molecular flexibility index (Phi) is 4.52. The third-order valence-corrected chi connectivity index (χ3v) is 3.23. The van der Waals surface area contributed by atoms with E-state index in [0.717, 1.165) is 19.3 Å². The number of nitrogens with two attached hydrogens (primary N) is 1.